The molecule has 2 aromatic carbocycles. The van der Waals surface area contributed by atoms with Gasteiger partial charge >= 0.3 is 140 Å². The van der Waals surface area contributed by atoms with E-state index < -0.39 is 25.9 Å². The Balaban J connectivity index is 0.00000392. The van der Waals surface area contributed by atoms with Gasteiger partial charge in [-0.05, 0) is 0 Å². The van der Waals surface area contributed by atoms with Gasteiger partial charge in [-0.2, -0.15) is 0 Å². The Bertz CT molecular complexity index is 747. The van der Waals surface area contributed by atoms with Crippen molar-refractivity contribution in [2.45, 2.75) is 39.7 Å². The first-order chi connectivity index (χ1) is 13.0. The third kappa shape index (κ3) is 7.61. The Kier molecular flexibility index (Phi) is 11.5. The van der Waals surface area contributed by atoms with E-state index in [-0.39, 0.29) is 18.2 Å². The number of Topliss-reactive ketones (excluding diaryl/α,β-unsaturated/α-hetero) is 1. The van der Waals surface area contributed by atoms with Crippen LogP contribution in [0.2, 0.25) is 14.3 Å². The number of halogens is 1. The molecule has 0 bridgehead atoms. The summed E-state index contributed by atoms with van der Waals surface area (Å²) < 4.78 is 7.35. The van der Waals surface area contributed by atoms with E-state index >= 15 is 0 Å². The van der Waals surface area contributed by atoms with Crippen LogP contribution in [0, 0.1) is 0 Å². The number of unbranched alkanes of at least 4 members (excludes halogenated alkanes) is 1. The molecule has 1 atom stereocenters. The maximum atomic E-state index is 12.7. The zero-order valence-electron chi connectivity index (χ0n) is 16.7. The van der Waals surface area contributed by atoms with Crippen molar-refractivity contribution in [2.24, 2.45) is 0 Å². The molecule has 5 heteroatoms. The fraction of sp³-hybridized carbons (Fsp3) is 0.348. The number of hydrogen-bond acceptors (Lipinski definition) is 3. The van der Waals surface area contributed by atoms with E-state index in [2.05, 4.69) is 16.5 Å². The summed E-state index contributed by atoms with van der Waals surface area (Å²) in [5.41, 5.74) is 2.02. The van der Waals surface area contributed by atoms with Crippen LogP contribution >= 0.6 is 12.4 Å². The summed E-state index contributed by atoms with van der Waals surface area (Å²) in [5, 5.41) is 10.4. The molecule has 0 heterocycles. The van der Waals surface area contributed by atoms with Gasteiger partial charge in [-0.1, -0.05) is 30.3 Å². The molecule has 0 aliphatic carbocycles. The molecule has 0 fully saturated rings. The van der Waals surface area contributed by atoms with Crippen molar-refractivity contribution in [3.05, 3.63) is 77.9 Å². The molecular weight excluding hydrogens is 478 g/mol. The number of hydrogen-bond donors (Lipinski definition) is 1. The Morgan fingerprint density at radius 2 is 1.89 bits per heavy atom. The predicted octanol–water partition coefficient (Wildman–Crippen LogP) is 5.67. The minimum atomic E-state index is -1.16. The Labute approximate surface area is 182 Å². The quantitative estimate of drug-likeness (QED) is 0.184. The molecule has 1 radical (unpaired) electrons. The third-order valence-corrected chi connectivity index (χ3v) is 8.26. The molecule has 151 valence electrons. The van der Waals surface area contributed by atoms with Crippen LogP contribution in [0.3, 0.4) is 0 Å². The summed E-state index contributed by atoms with van der Waals surface area (Å²) in [6, 6.07) is 14.4. The van der Waals surface area contributed by atoms with E-state index in [1.807, 2.05) is 30.3 Å². The van der Waals surface area contributed by atoms with Gasteiger partial charge < -0.3 is 0 Å². The molecule has 0 saturated carbocycles. The van der Waals surface area contributed by atoms with Crippen molar-refractivity contribution in [3.63, 3.8) is 0 Å². The summed E-state index contributed by atoms with van der Waals surface area (Å²) in [6.45, 7) is 4.50. The minimum absolute atomic E-state index is 0. The SMILES string of the molecule is C=CCc1cc(C(=O)C(O)c2ccccc2)ccc1OCCC[CH2][Sn]([CH3])[CH3].Cl. The Hall–Kier alpha value is -1.30. The summed E-state index contributed by atoms with van der Waals surface area (Å²) in [7, 11) is 0. The van der Waals surface area contributed by atoms with Crippen molar-refractivity contribution in [3.8, 4) is 5.75 Å². The standard InChI is InChI=1S/C21H23O3.2CH3.ClH.Sn/c1-3-5-14-24-19-13-12-18(15-17(19)9-4-2)21(23)20(22)16-10-7-6-8-11-16;;;;/h4,6-8,10-13,15,20,22H,1-3,5,9,14H2;2*1H3;1H;. The number of allylic oxidation sites excluding steroid dienone is 1. The Morgan fingerprint density at radius 1 is 1.18 bits per heavy atom. The van der Waals surface area contributed by atoms with Gasteiger partial charge in [0.15, 0.2) is 0 Å². The number of benzene rings is 2. The minimum Gasteiger partial charge on any atom is -0.147 e. The molecule has 0 amide bonds. The van der Waals surface area contributed by atoms with Crippen LogP contribution in [0.5, 0.6) is 5.75 Å². The molecule has 0 saturated heterocycles. The van der Waals surface area contributed by atoms with E-state index in [4.69, 9.17) is 4.74 Å². The molecule has 0 spiro atoms. The monoisotopic (exact) mass is 509 g/mol. The van der Waals surface area contributed by atoms with Crippen molar-refractivity contribution >= 4 is 37.9 Å². The van der Waals surface area contributed by atoms with E-state index in [0.717, 1.165) is 17.7 Å². The van der Waals surface area contributed by atoms with Gasteiger partial charge in [-0.25, -0.2) is 0 Å². The maximum absolute atomic E-state index is 12.7. The fourth-order valence-electron chi connectivity index (χ4n) is 2.90. The second kappa shape index (κ2) is 13.0. The molecule has 2 aromatic rings. The van der Waals surface area contributed by atoms with Crippen LogP contribution in [0.15, 0.2) is 61.2 Å². The summed E-state index contributed by atoms with van der Waals surface area (Å²) in [6.07, 6.45) is 3.57. The van der Waals surface area contributed by atoms with Crippen LogP contribution in [-0.4, -0.2) is 37.3 Å². The molecule has 0 aliphatic rings. The predicted molar refractivity (Wildman–Crippen MR) is 120 cm³/mol. The molecule has 1 unspecified atom stereocenters. The van der Waals surface area contributed by atoms with E-state index in [1.54, 1.807) is 24.3 Å². The van der Waals surface area contributed by atoms with Crippen LogP contribution in [0.25, 0.3) is 0 Å². The molecule has 2 rings (SSSR count). The summed E-state index contributed by atoms with van der Waals surface area (Å²) in [5.74, 6) is 0.495. The van der Waals surface area contributed by atoms with E-state index in [0.29, 0.717) is 24.2 Å². The fourth-order valence-corrected chi connectivity index (χ4v) is 5.63. The van der Waals surface area contributed by atoms with Gasteiger partial charge in [0.25, 0.3) is 0 Å². The number of ether oxygens (including phenoxy) is 1. The average Bonchev–Trinajstić information content (AvgIpc) is 2.68. The average molecular weight is 509 g/mol. The second-order valence-corrected chi connectivity index (χ2v) is 15.3. The normalized spacial score (nSPS) is 11.6. The van der Waals surface area contributed by atoms with Crippen molar-refractivity contribution in [1.82, 2.24) is 0 Å². The Morgan fingerprint density at radius 3 is 2.54 bits per heavy atom. The van der Waals surface area contributed by atoms with Crippen LogP contribution in [0.4, 0.5) is 0 Å². The first-order valence-corrected chi connectivity index (χ1v) is 17.2. The van der Waals surface area contributed by atoms with Crippen molar-refractivity contribution < 1.29 is 14.6 Å². The van der Waals surface area contributed by atoms with Crippen LogP contribution in [0.1, 0.15) is 40.4 Å². The van der Waals surface area contributed by atoms with Crippen LogP contribution < -0.4 is 4.74 Å². The third-order valence-electron chi connectivity index (χ3n) is 4.40. The number of ketones is 1. The number of rotatable bonds is 11. The number of carbonyl (C=O) groups is 1. The molecule has 28 heavy (non-hydrogen) atoms. The second-order valence-electron chi connectivity index (χ2n) is 7.01. The zero-order chi connectivity index (χ0) is 19.6. The van der Waals surface area contributed by atoms with Gasteiger partial charge in [0.05, 0.1) is 0 Å². The molecule has 3 nitrogen and oxygen atoms in total. The van der Waals surface area contributed by atoms with Crippen molar-refractivity contribution in [1.29, 1.82) is 0 Å². The number of aliphatic hydroxyl groups excluding tert-OH is 1. The first-order valence-electron chi connectivity index (χ1n) is 9.45. The molecular formula is C23H30ClO3Sn. The zero-order valence-corrected chi connectivity index (χ0v) is 20.4. The molecule has 0 aromatic heterocycles. The number of carbonyl (C=O) groups excluding carboxylic acids is 1. The smallest absolute Gasteiger partial charge is 0.147 e. The molecule has 1 N–H and O–H groups in total. The van der Waals surface area contributed by atoms with E-state index in [9.17, 15) is 9.90 Å². The van der Waals surface area contributed by atoms with Crippen molar-refractivity contribution in [2.75, 3.05) is 6.61 Å². The van der Waals surface area contributed by atoms with Gasteiger partial charge in [0.2, 0.25) is 0 Å². The van der Waals surface area contributed by atoms with Gasteiger partial charge in [0, 0.05) is 0 Å². The van der Waals surface area contributed by atoms with Gasteiger partial charge in [-0.15, -0.1) is 12.4 Å². The molecule has 0 aliphatic heterocycles. The largest absolute Gasteiger partial charge is 0.147 e. The summed E-state index contributed by atoms with van der Waals surface area (Å²) in [4.78, 5) is 17.5. The first kappa shape index (κ1) is 24.7. The van der Waals surface area contributed by atoms with Crippen LogP contribution in [-0.2, 0) is 6.42 Å². The summed E-state index contributed by atoms with van der Waals surface area (Å²) >= 11 is -0.993. The topological polar surface area (TPSA) is 46.5 Å². The number of aliphatic hydroxyl groups is 1. The maximum Gasteiger partial charge on any atom is -0.147 e. The van der Waals surface area contributed by atoms with Gasteiger partial charge in [-0.3, -0.25) is 0 Å². The van der Waals surface area contributed by atoms with Gasteiger partial charge in [0.1, 0.15) is 0 Å². The van der Waals surface area contributed by atoms with E-state index in [1.165, 1.54) is 10.9 Å².